The Kier molecular flexibility index (Phi) is 6.43. The van der Waals surface area contributed by atoms with E-state index in [9.17, 15) is 9.59 Å². The summed E-state index contributed by atoms with van der Waals surface area (Å²) in [6, 6.07) is 13.9. The summed E-state index contributed by atoms with van der Waals surface area (Å²) in [5.74, 6) is 0.0616. The fourth-order valence-electron chi connectivity index (χ4n) is 2.29. The van der Waals surface area contributed by atoms with Gasteiger partial charge in [0, 0.05) is 17.0 Å². The highest BCUT2D eigenvalue weighted by Gasteiger charge is 2.32. The van der Waals surface area contributed by atoms with E-state index in [1.165, 1.54) is 0 Å². The van der Waals surface area contributed by atoms with E-state index < -0.39 is 11.6 Å². The molecule has 0 aromatic heterocycles. The average Bonchev–Trinajstić information content (AvgIpc) is 2.56. The summed E-state index contributed by atoms with van der Waals surface area (Å²) >= 11 is 5.85. The van der Waals surface area contributed by atoms with E-state index in [0.717, 1.165) is 5.56 Å². The van der Waals surface area contributed by atoms with E-state index in [1.54, 1.807) is 64.1 Å². The van der Waals surface area contributed by atoms with Crippen LogP contribution in [0.4, 0.5) is 0 Å². The van der Waals surface area contributed by atoms with Crippen LogP contribution in [0.2, 0.25) is 5.02 Å². The van der Waals surface area contributed by atoms with Crippen molar-refractivity contribution < 1.29 is 19.1 Å². The molecule has 0 heterocycles. The molecule has 2 aromatic rings. The molecule has 0 radical (unpaired) electrons. The number of hydrogen-bond donors (Lipinski definition) is 0. The molecule has 2 rings (SSSR count). The van der Waals surface area contributed by atoms with Gasteiger partial charge < -0.3 is 9.47 Å². The molecule has 0 aliphatic rings. The zero-order chi connectivity index (χ0) is 19.3. The molecular formula is C21H23ClO4. The Hall–Kier alpha value is -2.33. The third-order valence-electron chi connectivity index (χ3n) is 3.66. The van der Waals surface area contributed by atoms with Crippen LogP contribution in [0.5, 0.6) is 5.75 Å². The van der Waals surface area contributed by atoms with E-state index in [4.69, 9.17) is 21.1 Å². The van der Waals surface area contributed by atoms with Gasteiger partial charge in [0.1, 0.15) is 5.75 Å². The number of carbonyl (C=O) groups excluding carboxylic acids is 2. The minimum atomic E-state index is -1.11. The molecule has 0 bridgehead atoms. The van der Waals surface area contributed by atoms with E-state index in [-0.39, 0.29) is 11.9 Å². The molecule has 4 nitrogen and oxygen atoms in total. The quantitative estimate of drug-likeness (QED) is 0.512. The summed E-state index contributed by atoms with van der Waals surface area (Å²) < 4.78 is 10.9. The van der Waals surface area contributed by atoms with Crippen molar-refractivity contribution in [1.29, 1.82) is 0 Å². The molecule has 2 aromatic carbocycles. The van der Waals surface area contributed by atoms with E-state index >= 15 is 0 Å². The Morgan fingerprint density at radius 3 is 2.12 bits per heavy atom. The van der Waals surface area contributed by atoms with E-state index in [0.29, 0.717) is 22.8 Å². The van der Waals surface area contributed by atoms with Gasteiger partial charge in [-0.05, 0) is 69.7 Å². The maximum atomic E-state index is 12.4. The SMILES string of the molecule is CC(C)OC(=O)C(C)(C)Oc1ccc(C(=O)Cc2ccc(Cl)cc2)cc1. The lowest BCUT2D eigenvalue weighted by atomic mass is 10.0. The van der Waals surface area contributed by atoms with Gasteiger partial charge in [-0.1, -0.05) is 23.7 Å². The van der Waals surface area contributed by atoms with Gasteiger partial charge >= 0.3 is 5.97 Å². The second-order valence-electron chi connectivity index (χ2n) is 6.82. The number of carbonyl (C=O) groups is 2. The zero-order valence-corrected chi connectivity index (χ0v) is 16.2. The number of benzene rings is 2. The summed E-state index contributed by atoms with van der Waals surface area (Å²) in [6.45, 7) is 6.87. The Morgan fingerprint density at radius 2 is 1.58 bits per heavy atom. The highest BCUT2D eigenvalue weighted by Crippen LogP contribution is 2.21. The molecule has 5 heteroatoms. The lowest BCUT2D eigenvalue weighted by Crippen LogP contribution is -2.40. The predicted octanol–water partition coefficient (Wildman–Crippen LogP) is 4.87. The number of esters is 1. The standard InChI is InChI=1S/C21H23ClO4/c1-14(2)25-20(24)21(3,4)26-18-11-7-16(8-12-18)19(23)13-15-5-9-17(22)10-6-15/h5-12,14H,13H2,1-4H3. The molecule has 138 valence electrons. The number of hydrogen-bond acceptors (Lipinski definition) is 4. The normalized spacial score (nSPS) is 11.3. The van der Waals surface area contributed by atoms with Crippen LogP contribution in [0.1, 0.15) is 43.6 Å². The first-order chi connectivity index (χ1) is 12.2. The second-order valence-corrected chi connectivity index (χ2v) is 7.25. The first kappa shape index (κ1) is 20.0. The molecule has 0 N–H and O–H groups in total. The Balaban J connectivity index is 2.02. The van der Waals surface area contributed by atoms with Gasteiger partial charge in [-0.25, -0.2) is 4.79 Å². The van der Waals surface area contributed by atoms with Crippen molar-refractivity contribution in [2.75, 3.05) is 0 Å². The molecule has 0 unspecified atom stereocenters. The van der Waals surface area contributed by atoms with Gasteiger partial charge in [-0.15, -0.1) is 0 Å². The van der Waals surface area contributed by atoms with Crippen molar-refractivity contribution in [2.45, 2.75) is 45.8 Å². The van der Waals surface area contributed by atoms with Gasteiger partial charge in [0.05, 0.1) is 6.10 Å². The maximum absolute atomic E-state index is 12.4. The van der Waals surface area contributed by atoms with Gasteiger partial charge in [0.2, 0.25) is 0 Å². The van der Waals surface area contributed by atoms with E-state index in [1.807, 2.05) is 12.1 Å². The lowest BCUT2D eigenvalue weighted by molar-refractivity contribution is -0.163. The minimum absolute atomic E-state index is 0.00245. The summed E-state index contributed by atoms with van der Waals surface area (Å²) in [6.07, 6.45) is 0.0853. The summed E-state index contributed by atoms with van der Waals surface area (Å²) in [7, 11) is 0. The topological polar surface area (TPSA) is 52.6 Å². The summed E-state index contributed by atoms with van der Waals surface area (Å²) in [5, 5.41) is 0.640. The molecule has 0 saturated heterocycles. The number of halogens is 1. The molecule has 0 aliphatic carbocycles. The molecule has 26 heavy (non-hydrogen) atoms. The average molecular weight is 375 g/mol. The Morgan fingerprint density at radius 1 is 1.00 bits per heavy atom. The van der Waals surface area contributed by atoms with Gasteiger partial charge in [0.25, 0.3) is 0 Å². The van der Waals surface area contributed by atoms with Crippen LogP contribution in [0.25, 0.3) is 0 Å². The predicted molar refractivity (Wildman–Crippen MR) is 102 cm³/mol. The molecule has 0 spiro atoms. The third kappa shape index (κ3) is 5.60. The zero-order valence-electron chi connectivity index (χ0n) is 15.4. The van der Waals surface area contributed by atoms with Crippen molar-refractivity contribution in [3.8, 4) is 5.75 Å². The van der Waals surface area contributed by atoms with Crippen LogP contribution in [-0.2, 0) is 16.0 Å². The third-order valence-corrected chi connectivity index (χ3v) is 3.91. The smallest absolute Gasteiger partial charge is 0.350 e. The van der Waals surface area contributed by atoms with Crippen LogP contribution in [0, 0.1) is 0 Å². The molecule has 0 saturated carbocycles. The first-order valence-electron chi connectivity index (χ1n) is 8.45. The van der Waals surface area contributed by atoms with Crippen LogP contribution in [-0.4, -0.2) is 23.5 Å². The Bertz CT molecular complexity index is 762. The van der Waals surface area contributed by atoms with Crippen molar-refractivity contribution in [2.24, 2.45) is 0 Å². The van der Waals surface area contributed by atoms with Crippen LogP contribution < -0.4 is 4.74 Å². The maximum Gasteiger partial charge on any atom is 0.350 e. The largest absolute Gasteiger partial charge is 0.476 e. The van der Waals surface area contributed by atoms with Gasteiger partial charge in [0.15, 0.2) is 11.4 Å². The van der Waals surface area contributed by atoms with Gasteiger partial charge in [-0.2, -0.15) is 0 Å². The fourth-order valence-corrected chi connectivity index (χ4v) is 2.42. The Labute approximate surface area is 159 Å². The van der Waals surface area contributed by atoms with Crippen molar-refractivity contribution in [3.63, 3.8) is 0 Å². The molecule has 0 amide bonds. The molecule has 0 aliphatic heterocycles. The van der Waals surface area contributed by atoms with Gasteiger partial charge in [-0.3, -0.25) is 4.79 Å². The number of Topliss-reactive ketones (excluding diaryl/α,β-unsaturated/α-hetero) is 1. The minimum Gasteiger partial charge on any atom is -0.476 e. The second kappa shape index (κ2) is 8.37. The van der Waals surface area contributed by atoms with E-state index in [2.05, 4.69) is 0 Å². The van der Waals surface area contributed by atoms with Crippen molar-refractivity contribution >= 4 is 23.4 Å². The molecule has 0 atom stereocenters. The number of ether oxygens (including phenoxy) is 2. The van der Waals surface area contributed by atoms with Crippen LogP contribution >= 0.6 is 11.6 Å². The van der Waals surface area contributed by atoms with Crippen molar-refractivity contribution in [3.05, 3.63) is 64.7 Å². The highest BCUT2D eigenvalue weighted by molar-refractivity contribution is 6.30. The number of rotatable bonds is 7. The summed E-state index contributed by atoms with van der Waals surface area (Å²) in [5.41, 5.74) is 0.367. The molecular weight excluding hydrogens is 352 g/mol. The molecule has 0 fully saturated rings. The summed E-state index contributed by atoms with van der Waals surface area (Å²) in [4.78, 5) is 24.4. The van der Waals surface area contributed by atoms with Crippen LogP contribution in [0.15, 0.2) is 48.5 Å². The highest BCUT2D eigenvalue weighted by atomic mass is 35.5. The van der Waals surface area contributed by atoms with Crippen molar-refractivity contribution in [1.82, 2.24) is 0 Å². The number of ketones is 1. The fraction of sp³-hybridized carbons (Fsp3) is 0.333. The monoisotopic (exact) mass is 374 g/mol. The lowest BCUT2D eigenvalue weighted by Gasteiger charge is -2.25. The van der Waals surface area contributed by atoms with Crippen LogP contribution in [0.3, 0.4) is 0 Å². The first-order valence-corrected chi connectivity index (χ1v) is 8.83.